The van der Waals surface area contributed by atoms with Gasteiger partial charge in [-0.3, -0.25) is 9.80 Å². The molecule has 232 valence electrons. The van der Waals surface area contributed by atoms with Crippen LogP contribution in [0.5, 0.6) is 0 Å². The summed E-state index contributed by atoms with van der Waals surface area (Å²) >= 11 is 0. The number of rotatable bonds is 6. The highest BCUT2D eigenvalue weighted by Gasteiger charge is 2.33. The Morgan fingerprint density at radius 2 is 1.51 bits per heavy atom. The second kappa shape index (κ2) is 11.8. The second-order valence-electron chi connectivity index (χ2n) is 13.6. The van der Waals surface area contributed by atoms with Gasteiger partial charge in [-0.15, -0.1) is 0 Å². The fourth-order valence-electron chi connectivity index (χ4n) is 7.69. The standard InChI is InChI=1S/C34H47N5O3S/c1-24(2)37-14-16-39(17-15-37)29-6-4-25(5-7-29)28-20-31(26-8-12-38(13-9-26)30-22-42-23-30)33-32(21-28)36(3)34(35-33)27-10-18-43(40,41)19-11-27/h4-7,20-21,24,26-27,30H,8-19,22-23H2,1-3H3. The van der Waals surface area contributed by atoms with Crippen LogP contribution in [0.15, 0.2) is 36.4 Å². The van der Waals surface area contributed by atoms with E-state index in [2.05, 4.69) is 76.6 Å². The zero-order valence-electron chi connectivity index (χ0n) is 26.0. The summed E-state index contributed by atoms with van der Waals surface area (Å²) in [6.45, 7) is 12.9. The first kappa shape index (κ1) is 29.3. The molecule has 4 fully saturated rings. The van der Waals surface area contributed by atoms with Crippen molar-refractivity contribution >= 4 is 26.6 Å². The van der Waals surface area contributed by atoms with Crippen molar-refractivity contribution in [2.24, 2.45) is 7.05 Å². The summed E-state index contributed by atoms with van der Waals surface area (Å²) in [7, 11) is -0.794. The summed E-state index contributed by atoms with van der Waals surface area (Å²) in [5.74, 6) is 2.23. The Morgan fingerprint density at radius 3 is 2.12 bits per heavy atom. The number of imidazole rings is 1. The van der Waals surface area contributed by atoms with Crippen LogP contribution in [-0.4, -0.2) is 104 Å². The molecule has 4 aliphatic rings. The van der Waals surface area contributed by atoms with Crippen LogP contribution < -0.4 is 4.90 Å². The molecule has 1 aromatic heterocycles. The molecule has 9 heteroatoms. The van der Waals surface area contributed by atoms with Crippen molar-refractivity contribution in [3.8, 4) is 11.1 Å². The third-order valence-corrected chi connectivity index (χ3v) is 12.4. The molecule has 0 saturated carbocycles. The highest BCUT2D eigenvalue weighted by molar-refractivity contribution is 7.91. The van der Waals surface area contributed by atoms with Crippen LogP contribution >= 0.6 is 0 Å². The smallest absolute Gasteiger partial charge is 0.150 e. The molecule has 3 aromatic rings. The first-order chi connectivity index (χ1) is 20.8. The van der Waals surface area contributed by atoms with E-state index < -0.39 is 9.84 Å². The molecule has 0 spiro atoms. The molecular weight excluding hydrogens is 558 g/mol. The molecule has 2 aromatic carbocycles. The van der Waals surface area contributed by atoms with Crippen molar-refractivity contribution in [1.82, 2.24) is 19.4 Å². The summed E-state index contributed by atoms with van der Waals surface area (Å²) in [6, 6.07) is 15.1. The van der Waals surface area contributed by atoms with Crippen LogP contribution in [0.4, 0.5) is 5.69 Å². The number of nitrogens with zero attached hydrogens (tertiary/aromatic N) is 5. The number of aryl methyl sites for hydroxylation is 1. The van der Waals surface area contributed by atoms with E-state index in [4.69, 9.17) is 9.72 Å². The average molecular weight is 606 g/mol. The predicted molar refractivity (Wildman–Crippen MR) is 174 cm³/mol. The van der Waals surface area contributed by atoms with Crippen molar-refractivity contribution in [1.29, 1.82) is 0 Å². The number of aromatic nitrogens is 2. The zero-order valence-corrected chi connectivity index (χ0v) is 26.9. The molecule has 0 bridgehead atoms. The first-order valence-corrected chi connectivity index (χ1v) is 18.2. The van der Waals surface area contributed by atoms with E-state index in [1.807, 2.05) is 0 Å². The van der Waals surface area contributed by atoms with E-state index in [-0.39, 0.29) is 17.4 Å². The van der Waals surface area contributed by atoms with Gasteiger partial charge < -0.3 is 14.2 Å². The maximum atomic E-state index is 12.2. The van der Waals surface area contributed by atoms with Gasteiger partial charge in [-0.25, -0.2) is 13.4 Å². The molecular formula is C34H47N5O3S. The molecule has 0 radical (unpaired) electrons. The van der Waals surface area contributed by atoms with Crippen LogP contribution in [0.1, 0.15) is 62.8 Å². The number of ether oxygens (including phenoxy) is 1. The summed E-state index contributed by atoms with van der Waals surface area (Å²) in [6.07, 6.45) is 3.58. The summed E-state index contributed by atoms with van der Waals surface area (Å²) < 4.78 is 32.1. The van der Waals surface area contributed by atoms with Gasteiger partial charge in [-0.05, 0) is 99.5 Å². The zero-order chi connectivity index (χ0) is 29.7. The number of likely N-dealkylation sites (tertiary alicyclic amines) is 1. The minimum Gasteiger partial charge on any atom is -0.378 e. The van der Waals surface area contributed by atoms with E-state index in [1.54, 1.807) is 0 Å². The largest absolute Gasteiger partial charge is 0.378 e. The summed E-state index contributed by atoms with van der Waals surface area (Å²) in [4.78, 5) is 13.0. The Hall–Kier alpha value is -2.46. The Kier molecular flexibility index (Phi) is 8.03. The van der Waals surface area contributed by atoms with Gasteiger partial charge in [-0.2, -0.15) is 0 Å². The van der Waals surface area contributed by atoms with Crippen molar-refractivity contribution in [3.05, 3.63) is 47.8 Å². The lowest BCUT2D eigenvalue weighted by Crippen LogP contribution is -2.51. The molecule has 0 atom stereocenters. The third-order valence-electron chi connectivity index (χ3n) is 10.7. The summed E-state index contributed by atoms with van der Waals surface area (Å²) in [5.41, 5.74) is 7.42. The third kappa shape index (κ3) is 5.86. The minimum atomic E-state index is -2.92. The second-order valence-corrected chi connectivity index (χ2v) is 15.9. The van der Waals surface area contributed by atoms with Gasteiger partial charge in [-0.1, -0.05) is 12.1 Å². The molecule has 7 rings (SSSR count). The predicted octanol–water partition coefficient (Wildman–Crippen LogP) is 4.64. The Labute approximate surface area is 256 Å². The van der Waals surface area contributed by atoms with Crippen LogP contribution in [0.2, 0.25) is 0 Å². The number of anilines is 1. The van der Waals surface area contributed by atoms with E-state index in [0.717, 1.165) is 76.7 Å². The topological polar surface area (TPSA) is 70.9 Å². The monoisotopic (exact) mass is 605 g/mol. The maximum Gasteiger partial charge on any atom is 0.150 e. The van der Waals surface area contributed by atoms with Crippen molar-refractivity contribution in [2.75, 3.05) is 68.9 Å². The molecule has 4 aliphatic heterocycles. The van der Waals surface area contributed by atoms with Crippen LogP contribution in [0.3, 0.4) is 0 Å². The number of piperidine rings is 1. The number of hydrogen-bond donors (Lipinski definition) is 0. The number of benzene rings is 2. The molecule has 8 nitrogen and oxygen atoms in total. The van der Waals surface area contributed by atoms with Gasteiger partial charge in [0.2, 0.25) is 0 Å². The van der Waals surface area contributed by atoms with Gasteiger partial charge in [0.15, 0.2) is 0 Å². The Morgan fingerprint density at radius 1 is 0.837 bits per heavy atom. The lowest BCUT2D eigenvalue weighted by molar-refractivity contribution is -0.0712. The summed E-state index contributed by atoms with van der Waals surface area (Å²) in [5, 5.41) is 0. The SMILES string of the molecule is CC(C)N1CCN(c2ccc(-c3cc(C4CCN(C5COC5)CC4)c4nc(C5CCS(=O)(=O)CC5)n(C)c4c3)cc2)CC1. The van der Waals surface area contributed by atoms with E-state index >= 15 is 0 Å². The van der Waals surface area contributed by atoms with E-state index in [0.29, 0.717) is 30.8 Å². The Bertz CT molecular complexity index is 1530. The molecule has 0 N–H and O–H groups in total. The van der Waals surface area contributed by atoms with Gasteiger partial charge in [0, 0.05) is 50.9 Å². The first-order valence-electron chi connectivity index (χ1n) is 16.4. The lowest BCUT2D eigenvalue weighted by atomic mass is 9.86. The van der Waals surface area contributed by atoms with E-state index in [1.165, 1.54) is 27.9 Å². The molecule has 0 amide bonds. The van der Waals surface area contributed by atoms with Gasteiger partial charge in [0.1, 0.15) is 15.7 Å². The Balaban J connectivity index is 1.20. The number of fused-ring (bicyclic) bond motifs is 1. The van der Waals surface area contributed by atoms with Gasteiger partial charge in [0.25, 0.3) is 0 Å². The van der Waals surface area contributed by atoms with Crippen LogP contribution in [0.25, 0.3) is 22.2 Å². The molecule has 0 aliphatic carbocycles. The van der Waals surface area contributed by atoms with E-state index in [9.17, 15) is 8.42 Å². The molecule has 43 heavy (non-hydrogen) atoms. The fraction of sp³-hybridized carbons (Fsp3) is 0.618. The van der Waals surface area contributed by atoms with Crippen molar-refractivity contribution < 1.29 is 13.2 Å². The normalized spacial score (nSPS) is 23.3. The lowest BCUT2D eigenvalue weighted by Gasteiger charge is -2.41. The maximum absolute atomic E-state index is 12.2. The highest BCUT2D eigenvalue weighted by Crippen LogP contribution is 2.39. The quantitative estimate of drug-likeness (QED) is 0.406. The molecule has 0 unspecified atom stereocenters. The fourth-order valence-corrected chi connectivity index (χ4v) is 9.19. The van der Waals surface area contributed by atoms with Gasteiger partial charge in [0.05, 0.1) is 41.8 Å². The minimum absolute atomic E-state index is 0.188. The molecule has 4 saturated heterocycles. The van der Waals surface area contributed by atoms with Crippen LogP contribution in [0, 0.1) is 0 Å². The number of hydrogen-bond acceptors (Lipinski definition) is 7. The van der Waals surface area contributed by atoms with Crippen LogP contribution in [-0.2, 0) is 21.6 Å². The van der Waals surface area contributed by atoms with Gasteiger partial charge >= 0.3 is 0 Å². The highest BCUT2D eigenvalue weighted by atomic mass is 32.2. The average Bonchev–Trinajstić information content (AvgIpc) is 3.32. The van der Waals surface area contributed by atoms with Crippen molar-refractivity contribution in [2.45, 2.75) is 63.5 Å². The number of sulfone groups is 1. The number of piperazine rings is 1. The van der Waals surface area contributed by atoms with Crippen molar-refractivity contribution in [3.63, 3.8) is 0 Å². The molecule has 5 heterocycles.